The van der Waals surface area contributed by atoms with E-state index in [9.17, 15) is 0 Å². The molecule has 0 aliphatic carbocycles. The standard InChI is InChI=1S/C12H18Si/c1-10-12-7-5-4-6-11(12)8-9-13(10,2)3/h4-7,10H,8-9H2,1-3H3. The Labute approximate surface area is 82.0 Å². The Morgan fingerprint density at radius 1 is 1.23 bits per heavy atom. The van der Waals surface area contributed by atoms with Crippen molar-refractivity contribution in [3.05, 3.63) is 35.4 Å². The van der Waals surface area contributed by atoms with Crippen LogP contribution in [0.15, 0.2) is 24.3 Å². The summed E-state index contributed by atoms with van der Waals surface area (Å²) in [7, 11) is -0.945. The molecule has 70 valence electrons. The van der Waals surface area contributed by atoms with Crippen LogP contribution in [0, 0.1) is 0 Å². The highest BCUT2D eigenvalue weighted by molar-refractivity contribution is 6.79. The lowest BCUT2D eigenvalue weighted by Gasteiger charge is -2.36. The van der Waals surface area contributed by atoms with Crippen LogP contribution in [0.4, 0.5) is 0 Å². The number of fused-ring (bicyclic) bond motifs is 1. The predicted molar refractivity (Wildman–Crippen MR) is 60.9 cm³/mol. The first-order valence-electron chi connectivity index (χ1n) is 5.19. The molecule has 2 rings (SSSR count). The van der Waals surface area contributed by atoms with Gasteiger partial charge in [0.05, 0.1) is 8.07 Å². The SMILES string of the molecule is CC1c2ccccc2CC[Si]1(C)C. The topological polar surface area (TPSA) is 0 Å². The first kappa shape index (κ1) is 9.01. The average Bonchev–Trinajstić information content (AvgIpc) is 2.13. The van der Waals surface area contributed by atoms with Crippen molar-refractivity contribution in [3.63, 3.8) is 0 Å². The van der Waals surface area contributed by atoms with Crippen molar-refractivity contribution in [1.29, 1.82) is 0 Å². The van der Waals surface area contributed by atoms with E-state index in [1.54, 1.807) is 11.1 Å². The summed E-state index contributed by atoms with van der Waals surface area (Å²) in [6.07, 6.45) is 1.32. The molecule has 0 nitrogen and oxygen atoms in total. The van der Waals surface area contributed by atoms with Crippen molar-refractivity contribution < 1.29 is 0 Å². The number of benzene rings is 1. The van der Waals surface area contributed by atoms with Crippen molar-refractivity contribution in [2.24, 2.45) is 0 Å². The van der Waals surface area contributed by atoms with Crippen LogP contribution in [-0.2, 0) is 6.42 Å². The minimum Gasteiger partial charge on any atom is -0.0689 e. The Bertz CT molecular complexity index is 315. The molecular formula is C12H18Si. The van der Waals surface area contributed by atoms with Gasteiger partial charge in [-0.3, -0.25) is 0 Å². The van der Waals surface area contributed by atoms with Gasteiger partial charge in [0.2, 0.25) is 0 Å². The van der Waals surface area contributed by atoms with Gasteiger partial charge in [-0.05, 0) is 23.1 Å². The summed E-state index contributed by atoms with van der Waals surface area (Å²) in [6, 6.07) is 10.4. The molecule has 13 heavy (non-hydrogen) atoms. The van der Waals surface area contributed by atoms with E-state index in [0.717, 1.165) is 5.54 Å². The smallest absolute Gasteiger partial charge is 0.0551 e. The summed E-state index contributed by atoms with van der Waals surface area (Å²) in [5.74, 6) is 0. The summed E-state index contributed by atoms with van der Waals surface area (Å²) in [5.41, 5.74) is 4.07. The van der Waals surface area contributed by atoms with Gasteiger partial charge in [0.25, 0.3) is 0 Å². The molecule has 0 radical (unpaired) electrons. The Morgan fingerprint density at radius 3 is 2.69 bits per heavy atom. The molecule has 1 atom stereocenters. The van der Waals surface area contributed by atoms with Crippen LogP contribution >= 0.6 is 0 Å². The zero-order valence-corrected chi connectivity index (χ0v) is 9.80. The zero-order valence-electron chi connectivity index (χ0n) is 8.80. The highest BCUT2D eigenvalue weighted by Gasteiger charge is 2.33. The van der Waals surface area contributed by atoms with Gasteiger partial charge < -0.3 is 0 Å². The second kappa shape index (κ2) is 2.98. The summed E-state index contributed by atoms with van der Waals surface area (Å²) >= 11 is 0. The maximum absolute atomic E-state index is 2.52. The third-order valence-corrected chi connectivity index (χ3v) is 7.93. The van der Waals surface area contributed by atoms with Gasteiger partial charge in [-0.25, -0.2) is 0 Å². The normalized spacial score (nSPS) is 25.3. The minimum absolute atomic E-state index is 0.845. The second-order valence-corrected chi connectivity index (χ2v) is 10.3. The van der Waals surface area contributed by atoms with Crippen LogP contribution in [0.2, 0.25) is 19.1 Å². The van der Waals surface area contributed by atoms with Gasteiger partial charge >= 0.3 is 0 Å². The lowest BCUT2D eigenvalue weighted by molar-refractivity contribution is 0.887. The Hall–Kier alpha value is -0.563. The lowest BCUT2D eigenvalue weighted by atomic mass is 10.0. The Balaban J connectivity index is 2.45. The van der Waals surface area contributed by atoms with Crippen molar-refractivity contribution in [3.8, 4) is 0 Å². The van der Waals surface area contributed by atoms with Crippen LogP contribution in [0.3, 0.4) is 0 Å². The van der Waals surface area contributed by atoms with E-state index in [1.165, 1.54) is 12.5 Å². The minimum atomic E-state index is -0.945. The van der Waals surface area contributed by atoms with Gasteiger partial charge in [0.15, 0.2) is 0 Å². The Kier molecular flexibility index (Phi) is 2.07. The molecule has 0 aromatic heterocycles. The second-order valence-electron chi connectivity index (χ2n) is 4.91. The molecule has 1 aliphatic heterocycles. The molecule has 0 fully saturated rings. The molecule has 0 bridgehead atoms. The van der Waals surface area contributed by atoms with E-state index in [0.29, 0.717) is 0 Å². The van der Waals surface area contributed by atoms with Gasteiger partial charge in [0.1, 0.15) is 0 Å². The number of rotatable bonds is 0. The number of hydrogen-bond acceptors (Lipinski definition) is 0. The number of hydrogen-bond donors (Lipinski definition) is 0. The fourth-order valence-corrected chi connectivity index (χ4v) is 4.75. The molecule has 0 N–H and O–H groups in total. The highest BCUT2D eigenvalue weighted by Crippen LogP contribution is 2.37. The van der Waals surface area contributed by atoms with E-state index in [-0.39, 0.29) is 0 Å². The Morgan fingerprint density at radius 2 is 1.92 bits per heavy atom. The summed E-state index contributed by atoms with van der Waals surface area (Å²) < 4.78 is 0. The molecule has 1 aliphatic rings. The van der Waals surface area contributed by atoms with Crippen molar-refractivity contribution in [1.82, 2.24) is 0 Å². The van der Waals surface area contributed by atoms with E-state index in [2.05, 4.69) is 44.3 Å². The van der Waals surface area contributed by atoms with Crippen molar-refractivity contribution in [2.75, 3.05) is 0 Å². The van der Waals surface area contributed by atoms with E-state index in [4.69, 9.17) is 0 Å². The molecule has 1 heteroatoms. The summed E-state index contributed by atoms with van der Waals surface area (Å²) in [4.78, 5) is 0. The molecule has 1 heterocycles. The van der Waals surface area contributed by atoms with Crippen molar-refractivity contribution in [2.45, 2.75) is 38.0 Å². The average molecular weight is 190 g/mol. The molecule has 0 spiro atoms. The monoisotopic (exact) mass is 190 g/mol. The van der Waals surface area contributed by atoms with E-state index in [1.807, 2.05) is 0 Å². The third kappa shape index (κ3) is 1.46. The first-order chi connectivity index (χ1) is 6.11. The summed E-state index contributed by atoms with van der Waals surface area (Å²) in [5, 5.41) is 0. The fourth-order valence-electron chi connectivity index (χ4n) is 2.28. The summed E-state index contributed by atoms with van der Waals surface area (Å²) in [6.45, 7) is 7.46. The molecular weight excluding hydrogens is 172 g/mol. The van der Waals surface area contributed by atoms with Gasteiger partial charge in [0, 0.05) is 0 Å². The zero-order chi connectivity index (χ0) is 9.47. The van der Waals surface area contributed by atoms with Crippen LogP contribution in [-0.4, -0.2) is 8.07 Å². The van der Waals surface area contributed by atoms with Gasteiger partial charge in [-0.1, -0.05) is 50.3 Å². The predicted octanol–water partition coefficient (Wildman–Crippen LogP) is 3.59. The van der Waals surface area contributed by atoms with Crippen LogP contribution < -0.4 is 0 Å². The first-order valence-corrected chi connectivity index (χ1v) is 8.47. The van der Waals surface area contributed by atoms with Gasteiger partial charge in [-0.15, -0.1) is 0 Å². The lowest BCUT2D eigenvalue weighted by Crippen LogP contribution is -2.37. The highest BCUT2D eigenvalue weighted by atomic mass is 28.3. The fraction of sp³-hybridized carbons (Fsp3) is 0.500. The van der Waals surface area contributed by atoms with Gasteiger partial charge in [-0.2, -0.15) is 0 Å². The molecule has 0 amide bonds. The molecule has 1 unspecified atom stereocenters. The maximum atomic E-state index is 2.52. The van der Waals surface area contributed by atoms with Crippen LogP contribution in [0.1, 0.15) is 23.6 Å². The number of aryl methyl sites for hydroxylation is 1. The molecule has 0 saturated carbocycles. The molecule has 0 saturated heterocycles. The van der Waals surface area contributed by atoms with Crippen molar-refractivity contribution >= 4 is 8.07 Å². The van der Waals surface area contributed by atoms with Crippen LogP contribution in [0.5, 0.6) is 0 Å². The molecule has 1 aromatic carbocycles. The maximum Gasteiger partial charge on any atom is 0.0551 e. The van der Waals surface area contributed by atoms with E-state index >= 15 is 0 Å². The van der Waals surface area contributed by atoms with Crippen LogP contribution in [0.25, 0.3) is 0 Å². The third-order valence-electron chi connectivity index (χ3n) is 3.73. The molecule has 1 aromatic rings. The van der Waals surface area contributed by atoms with E-state index < -0.39 is 8.07 Å². The largest absolute Gasteiger partial charge is 0.0689 e. The quantitative estimate of drug-likeness (QED) is 0.548.